The van der Waals surface area contributed by atoms with Crippen LogP contribution in [0.15, 0.2) is 17.2 Å². The Morgan fingerprint density at radius 1 is 1.48 bits per heavy atom. The van der Waals surface area contributed by atoms with E-state index in [1.165, 1.54) is 0 Å². The minimum Gasteiger partial charge on any atom is -0.377 e. The van der Waals surface area contributed by atoms with Crippen molar-refractivity contribution < 1.29 is 4.74 Å². The average molecular weight is 292 g/mol. The van der Waals surface area contributed by atoms with Gasteiger partial charge in [0.05, 0.1) is 19.3 Å². The van der Waals surface area contributed by atoms with Crippen molar-refractivity contribution in [3.63, 3.8) is 0 Å². The first-order valence-corrected chi connectivity index (χ1v) is 7.93. The van der Waals surface area contributed by atoms with E-state index < -0.39 is 0 Å². The summed E-state index contributed by atoms with van der Waals surface area (Å²) in [7, 11) is 0. The van der Waals surface area contributed by atoms with Gasteiger partial charge < -0.3 is 19.5 Å². The second-order valence-corrected chi connectivity index (χ2v) is 5.82. The zero-order chi connectivity index (χ0) is 14.7. The largest absolute Gasteiger partial charge is 0.377 e. The Labute approximate surface area is 125 Å². The number of rotatable bonds is 6. The summed E-state index contributed by atoms with van der Waals surface area (Å²) >= 11 is 0. The minimum atomic E-state index is 0.0439. The summed E-state index contributed by atoms with van der Waals surface area (Å²) in [5, 5.41) is 3.42. The van der Waals surface area contributed by atoms with Gasteiger partial charge >= 0.3 is 0 Å². The molecule has 0 bridgehead atoms. The van der Waals surface area contributed by atoms with Crippen molar-refractivity contribution in [1.29, 1.82) is 0 Å². The van der Waals surface area contributed by atoms with Crippen molar-refractivity contribution in [2.75, 3.05) is 37.7 Å². The van der Waals surface area contributed by atoms with Crippen LogP contribution in [0, 0.1) is 0 Å². The van der Waals surface area contributed by atoms with Crippen molar-refractivity contribution in [2.24, 2.45) is 0 Å². The van der Waals surface area contributed by atoms with E-state index in [1.807, 2.05) is 10.8 Å². The number of morpholine rings is 1. The number of ether oxygens (including phenoxy) is 1. The highest BCUT2D eigenvalue weighted by Crippen LogP contribution is 2.33. The van der Waals surface area contributed by atoms with Crippen LogP contribution < -0.4 is 15.8 Å². The maximum absolute atomic E-state index is 12.6. The van der Waals surface area contributed by atoms with E-state index in [-0.39, 0.29) is 11.6 Å². The molecule has 1 aliphatic carbocycles. The molecule has 1 aromatic rings. The van der Waals surface area contributed by atoms with Crippen LogP contribution in [0.5, 0.6) is 0 Å². The number of nitrogens with one attached hydrogen (secondary N) is 1. The van der Waals surface area contributed by atoms with E-state index in [1.54, 1.807) is 6.20 Å². The van der Waals surface area contributed by atoms with Crippen LogP contribution in [0.4, 0.5) is 5.82 Å². The number of hydrogen-bond acceptors (Lipinski definition) is 5. The number of anilines is 1. The molecule has 1 aromatic heterocycles. The molecule has 1 saturated carbocycles. The van der Waals surface area contributed by atoms with Gasteiger partial charge in [0.1, 0.15) is 0 Å². The molecule has 2 fully saturated rings. The standard InChI is InChI=1S/C15H24N4O2/c1-2-5-16-10-13-11-21-9-8-18(13)14-15(20)19(7-6-17-14)12-3-4-12/h6-7,12-13,16H,2-5,8-11H2,1H3. The van der Waals surface area contributed by atoms with E-state index >= 15 is 0 Å². The lowest BCUT2D eigenvalue weighted by Crippen LogP contribution is -2.52. The smallest absolute Gasteiger partial charge is 0.293 e. The molecule has 0 aromatic carbocycles. The Hall–Kier alpha value is -1.40. The quantitative estimate of drug-likeness (QED) is 0.785. The molecule has 0 amide bonds. The van der Waals surface area contributed by atoms with Gasteiger partial charge in [0.15, 0.2) is 5.82 Å². The Morgan fingerprint density at radius 2 is 2.33 bits per heavy atom. The van der Waals surface area contributed by atoms with Gasteiger partial charge in [0.2, 0.25) is 0 Å². The first-order chi connectivity index (χ1) is 10.3. The number of aromatic nitrogens is 2. The summed E-state index contributed by atoms with van der Waals surface area (Å²) < 4.78 is 7.42. The molecule has 1 saturated heterocycles. The van der Waals surface area contributed by atoms with Gasteiger partial charge in [0, 0.05) is 31.5 Å². The number of hydrogen-bond donors (Lipinski definition) is 1. The Kier molecular flexibility index (Phi) is 4.55. The third-order valence-electron chi connectivity index (χ3n) is 4.10. The minimum absolute atomic E-state index is 0.0439. The van der Waals surface area contributed by atoms with Crippen molar-refractivity contribution in [1.82, 2.24) is 14.9 Å². The molecular formula is C15H24N4O2. The lowest BCUT2D eigenvalue weighted by atomic mass is 10.2. The van der Waals surface area contributed by atoms with Crippen LogP contribution in [0.1, 0.15) is 32.2 Å². The van der Waals surface area contributed by atoms with Crippen molar-refractivity contribution in [2.45, 2.75) is 38.3 Å². The fourth-order valence-electron chi connectivity index (χ4n) is 2.80. The van der Waals surface area contributed by atoms with Crippen LogP contribution in [0.25, 0.3) is 0 Å². The molecule has 2 heterocycles. The molecule has 1 aliphatic heterocycles. The Balaban J connectivity index is 1.79. The summed E-state index contributed by atoms with van der Waals surface area (Å²) in [5.74, 6) is 0.580. The van der Waals surface area contributed by atoms with Crippen molar-refractivity contribution >= 4 is 5.82 Å². The zero-order valence-electron chi connectivity index (χ0n) is 12.6. The third-order valence-corrected chi connectivity index (χ3v) is 4.10. The SMILES string of the molecule is CCCNCC1COCCN1c1nccn(C2CC2)c1=O. The van der Waals surface area contributed by atoms with Gasteiger partial charge in [0.25, 0.3) is 5.56 Å². The molecule has 1 atom stereocenters. The Morgan fingerprint density at radius 3 is 3.10 bits per heavy atom. The molecule has 3 rings (SSSR count). The maximum Gasteiger partial charge on any atom is 0.293 e. The Bertz CT molecular complexity index is 527. The zero-order valence-corrected chi connectivity index (χ0v) is 12.6. The van der Waals surface area contributed by atoms with E-state index in [0.29, 0.717) is 25.1 Å². The first-order valence-electron chi connectivity index (χ1n) is 7.93. The predicted molar refractivity (Wildman–Crippen MR) is 81.9 cm³/mol. The summed E-state index contributed by atoms with van der Waals surface area (Å²) in [4.78, 5) is 19.1. The van der Waals surface area contributed by atoms with Crippen LogP contribution in [-0.2, 0) is 4.74 Å². The highest BCUT2D eigenvalue weighted by molar-refractivity contribution is 5.38. The van der Waals surface area contributed by atoms with Gasteiger partial charge in [-0.15, -0.1) is 0 Å². The fourth-order valence-corrected chi connectivity index (χ4v) is 2.80. The van der Waals surface area contributed by atoms with Crippen LogP contribution in [-0.4, -0.2) is 48.4 Å². The van der Waals surface area contributed by atoms with Crippen LogP contribution in [0.2, 0.25) is 0 Å². The molecular weight excluding hydrogens is 268 g/mol. The summed E-state index contributed by atoms with van der Waals surface area (Å²) in [6, 6.07) is 0.567. The monoisotopic (exact) mass is 292 g/mol. The number of nitrogens with zero attached hydrogens (tertiary/aromatic N) is 3. The molecule has 1 N–H and O–H groups in total. The molecule has 21 heavy (non-hydrogen) atoms. The summed E-state index contributed by atoms with van der Waals surface area (Å²) in [6.45, 7) is 6.00. The lowest BCUT2D eigenvalue weighted by Gasteiger charge is -2.36. The van der Waals surface area contributed by atoms with Crippen molar-refractivity contribution in [3.8, 4) is 0 Å². The van der Waals surface area contributed by atoms with Crippen LogP contribution in [0.3, 0.4) is 0 Å². The molecule has 6 nitrogen and oxygen atoms in total. The topological polar surface area (TPSA) is 59.4 Å². The third kappa shape index (κ3) is 3.27. The highest BCUT2D eigenvalue weighted by Gasteiger charge is 2.29. The molecule has 0 spiro atoms. The van der Waals surface area contributed by atoms with Gasteiger partial charge in [-0.2, -0.15) is 0 Å². The fraction of sp³-hybridized carbons (Fsp3) is 0.733. The van der Waals surface area contributed by atoms with Gasteiger partial charge in [-0.05, 0) is 25.8 Å². The lowest BCUT2D eigenvalue weighted by molar-refractivity contribution is 0.0932. The molecule has 2 aliphatic rings. The van der Waals surface area contributed by atoms with E-state index in [2.05, 4.69) is 22.1 Å². The van der Waals surface area contributed by atoms with Crippen molar-refractivity contribution in [3.05, 3.63) is 22.7 Å². The second-order valence-electron chi connectivity index (χ2n) is 5.82. The average Bonchev–Trinajstić information content (AvgIpc) is 3.33. The van der Waals surface area contributed by atoms with E-state index in [4.69, 9.17) is 4.74 Å². The molecule has 0 radical (unpaired) electrons. The maximum atomic E-state index is 12.6. The highest BCUT2D eigenvalue weighted by atomic mass is 16.5. The van der Waals surface area contributed by atoms with Crippen LogP contribution >= 0.6 is 0 Å². The summed E-state index contributed by atoms with van der Waals surface area (Å²) in [6.07, 6.45) is 6.88. The summed E-state index contributed by atoms with van der Waals surface area (Å²) in [5.41, 5.74) is 0.0439. The molecule has 1 unspecified atom stereocenters. The predicted octanol–water partition coefficient (Wildman–Crippen LogP) is 0.783. The molecule has 116 valence electrons. The molecule has 6 heteroatoms. The van der Waals surface area contributed by atoms with Gasteiger partial charge in [-0.1, -0.05) is 6.92 Å². The van der Waals surface area contributed by atoms with E-state index in [9.17, 15) is 4.79 Å². The normalized spacial score (nSPS) is 22.5. The second kappa shape index (κ2) is 6.58. The van der Waals surface area contributed by atoms with Gasteiger partial charge in [-0.3, -0.25) is 4.79 Å². The van der Waals surface area contributed by atoms with E-state index in [0.717, 1.165) is 38.9 Å². The van der Waals surface area contributed by atoms with Gasteiger partial charge in [-0.25, -0.2) is 4.98 Å². The first kappa shape index (κ1) is 14.5.